The third-order valence-corrected chi connectivity index (χ3v) is 8.29. The lowest BCUT2D eigenvalue weighted by Gasteiger charge is -2.55. The summed E-state index contributed by atoms with van der Waals surface area (Å²) in [5.74, 6) is -0.295. The summed E-state index contributed by atoms with van der Waals surface area (Å²) in [7, 11) is 3.67. The Balaban J connectivity index is 1.64. The van der Waals surface area contributed by atoms with Crippen LogP contribution in [0.4, 0.5) is 4.39 Å². The Morgan fingerprint density at radius 3 is 2.69 bits per heavy atom. The third kappa shape index (κ3) is 5.89. The molecule has 2 aromatic carbocycles. The topological polar surface area (TPSA) is 94.7 Å². The number of aliphatic hydroxyl groups excluding tert-OH is 1. The summed E-state index contributed by atoms with van der Waals surface area (Å²) >= 11 is 6.05. The van der Waals surface area contributed by atoms with Crippen LogP contribution in [0.2, 0.25) is 5.02 Å². The number of unbranched alkanes of at least 4 members (excludes halogenated alkanes) is 1. The molecule has 1 saturated heterocycles. The van der Waals surface area contributed by atoms with E-state index in [1.165, 1.54) is 0 Å². The van der Waals surface area contributed by atoms with E-state index in [4.69, 9.17) is 31.8 Å². The summed E-state index contributed by atoms with van der Waals surface area (Å²) < 4.78 is 28.4. The van der Waals surface area contributed by atoms with E-state index >= 15 is 4.39 Å². The highest BCUT2D eigenvalue weighted by atomic mass is 35.5. The van der Waals surface area contributed by atoms with Crippen LogP contribution < -0.4 is 10.5 Å². The van der Waals surface area contributed by atoms with E-state index in [1.807, 2.05) is 38.4 Å². The van der Waals surface area contributed by atoms with Gasteiger partial charge in [-0.05, 0) is 48.1 Å². The number of halogens is 2. The number of rotatable bonds is 11. The van der Waals surface area contributed by atoms with Gasteiger partial charge in [0, 0.05) is 22.5 Å². The van der Waals surface area contributed by atoms with Crippen molar-refractivity contribution in [3.05, 3.63) is 70.9 Å². The van der Waals surface area contributed by atoms with Crippen molar-refractivity contribution in [1.82, 2.24) is 4.98 Å². The third-order valence-electron chi connectivity index (χ3n) is 8.04. The second-order valence-corrected chi connectivity index (χ2v) is 11.2. The molecule has 9 heteroatoms. The molecular weight excluding hydrogens is 521 g/mol. The number of alkyl halides is 1. The Bertz CT molecular complexity index is 1290. The average Bonchev–Trinajstić information content (AvgIpc) is 2.91. The number of aryl methyl sites for hydroxylation is 1. The lowest BCUT2D eigenvalue weighted by molar-refractivity contribution is -0.952. The zero-order valence-corrected chi connectivity index (χ0v) is 23.5. The van der Waals surface area contributed by atoms with Crippen molar-refractivity contribution in [1.29, 1.82) is 0 Å². The standard InChI is InChI=1S/C30H37ClFN3O4/c1-4-5-9-23-19-21-8-6-7-10-24(21)29(34-23)39-18-16-35(2,3)30(15-17-38-25(27(30)36)28(33)37)26(32)20-11-13-22(31)14-12-20/h6-8,10-14,19,25-27,36H,4-5,9,15-18H2,1-3H3,(H-,33,37)/p+1/t25?,26?,27-,30+/m0/s1. The summed E-state index contributed by atoms with van der Waals surface area (Å²) in [5, 5.41) is 13.9. The number of carbonyl (C=O) groups excluding carboxylic acids is 1. The fourth-order valence-electron chi connectivity index (χ4n) is 5.65. The van der Waals surface area contributed by atoms with Crippen LogP contribution >= 0.6 is 11.6 Å². The molecule has 1 amide bonds. The highest BCUT2D eigenvalue weighted by Crippen LogP contribution is 2.46. The molecule has 0 saturated carbocycles. The zero-order chi connectivity index (χ0) is 28.2. The molecule has 1 fully saturated rings. The Morgan fingerprint density at radius 1 is 1.28 bits per heavy atom. The maximum Gasteiger partial charge on any atom is 0.249 e. The van der Waals surface area contributed by atoms with Crippen molar-refractivity contribution in [3.8, 4) is 5.88 Å². The number of quaternary nitrogens is 1. The lowest BCUT2D eigenvalue weighted by atomic mass is 9.74. The van der Waals surface area contributed by atoms with E-state index in [2.05, 4.69) is 13.0 Å². The minimum absolute atomic E-state index is 0.0125. The van der Waals surface area contributed by atoms with E-state index in [0.717, 1.165) is 35.7 Å². The van der Waals surface area contributed by atoms with Gasteiger partial charge in [0.25, 0.3) is 0 Å². The van der Waals surface area contributed by atoms with Gasteiger partial charge in [-0.25, -0.2) is 9.37 Å². The van der Waals surface area contributed by atoms with E-state index in [1.54, 1.807) is 24.3 Å². The number of likely N-dealkylation sites (N-methyl/N-ethyl adjacent to an activating group) is 1. The van der Waals surface area contributed by atoms with Crippen LogP contribution in [0.3, 0.4) is 0 Å². The van der Waals surface area contributed by atoms with Crippen molar-refractivity contribution in [2.24, 2.45) is 5.73 Å². The fourth-order valence-corrected chi connectivity index (χ4v) is 5.77. The number of amides is 1. The van der Waals surface area contributed by atoms with Crippen LogP contribution in [-0.4, -0.2) is 72.1 Å². The van der Waals surface area contributed by atoms with Crippen molar-refractivity contribution in [3.63, 3.8) is 0 Å². The van der Waals surface area contributed by atoms with Crippen LogP contribution in [0.1, 0.15) is 43.6 Å². The van der Waals surface area contributed by atoms with Crippen molar-refractivity contribution in [2.45, 2.75) is 56.5 Å². The molecule has 4 rings (SSSR count). The van der Waals surface area contributed by atoms with Crippen LogP contribution in [0.25, 0.3) is 10.8 Å². The molecule has 3 aromatic rings. The van der Waals surface area contributed by atoms with Crippen LogP contribution in [0, 0.1) is 0 Å². The molecule has 1 aromatic heterocycles. The van der Waals surface area contributed by atoms with Gasteiger partial charge in [0.05, 0.1) is 20.7 Å². The summed E-state index contributed by atoms with van der Waals surface area (Å²) in [6, 6.07) is 16.5. The first-order chi connectivity index (χ1) is 18.6. The van der Waals surface area contributed by atoms with Crippen LogP contribution in [-0.2, 0) is 16.0 Å². The van der Waals surface area contributed by atoms with E-state index in [-0.39, 0.29) is 24.1 Å². The predicted octanol–water partition coefficient (Wildman–Crippen LogP) is 4.77. The predicted molar refractivity (Wildman–Crippen MR) is 150 cm³/mol. The van der Waals surface area contributed by atoms with Gasteiger partial charge in [-0.2, -0.15) is 0 Å². The molecule has 2 heterocycles. The summed E-state index contributed by atoms with van der Waals surface area (Å²) in [5.41, 5.74) is 5.44. The second-order valence-electron chi connectivity index (χ2n) is 10.8. The van der Waals surface area contributed by atoms with Crippen LogP contribution in [0.5, 0.6) is 5.88 Å². The van der Waals surface area contributed by atoms with Gasteiger partial charge < -0.3 is 24.8 Å². The van der Waals surface area contributed by atoms with Gasteiger partial charge >= 0.3 is 0 Å². The number of aromatic nitrogens is 1. The largest absolute Gasteiger partial charge is 0.471 e. The van der Waals surface area contributed by atoms with Crippen LogP contribution in [0.15, 0.2) is 54.6 Å². The lowest BCUT2D eigenvalue weighted by Crippen LogP contribution is -2.74. The molecule has 4 atom stereocenters. The van der Waals surface area contributed by atoms with Crippen molar-refractivity contribution >= 4 is 28.3 Å². The Labute approximate surface area is 234 Å². The maximum absolute atomic E-state index is 16.6. The summed E-state index contributed by atoms with van der Waals surface area (Å²) in [6.45, 7) is 2.76. The highest BCUT2D eigenvalue weighted by molar-refractivity contribution is 6.30. The minimum Gasteiger partial charge on any atom is -0.471 e. The van der Waals surface area contributed by atoms with Gasteiger partial charge in [-0.1, -0.05) is 55.3 Å². The molecule has 1 aliphatic heterocycles. The van der Waals surface area contributed by atoms with Gasteiger partial charge in [0.2, 0.25) is 11.8 Å². The smallest absolute Gasteiger partial charge is 0.249 e. The fraction of sp³-hybridized carbons (Fsp3) is 0.467. The molecule has 0 aliphatic carbocycles. The molecule has 0 spiro atoms. The van der Waals surface area contributed by atoms with E-state index in [0.29, 0.717) is 23.0 Å². The average molecular weight is 559 g/mol. The summed E-state index contributed by atoms with van der Waals surface area (Å²) in [4.78, 5) is 17.0. The number of pyridine rings is 1. The first kappa shape index (κ1) is 29.2. The number of ether oxygens (including phenoxy) is 2. The molecule has 3 N–H and O–H groups in total. The molecule has 0 radical (unpaired) electrons. The van der Waals surface area contributed by atoms with Gasteiger partial charge in [0.1, 0.15) is 19.3 Å². The normalized spacial score (nSPS) is 22.5. The first-order valence-corrected chi connectivity index (χ1v) is 13.8. The number of benzene rings is 2. The number of hydrogen-bond donors (Lipinski definition) is 2. The zero-order valence-electron chi connectivity index (χ0n) is 22.8. The number of carbonyl (C=O) groups is 1. The molecule has 39 heavy (non-hydrogen) atoms. The maximum atomic E-state index is 16.6. The number of hydrogen-bond acceptors (Lipinski definition) is 5. The molecule has 7 nitrogen and oxygen atoms in total. The molecule has 1 aliphatic rings. The summed E-state index contributed by atoms with van der Waals surface area (Å²) in [6.07, 6.45) is -1.34. The Kier molecular flexibility index (Phi) is 9.11. The number of nitrogens with zero attached hydrogens (tertiary/aromatic N) is 2. The number of primary amides is 1. The first-order valence-electron chi connectivity index (χ1n) is 13.4. The highest BCUT2D eigenvalue weighted by Gasteiger charge is 2.63. The molecule has 210 valence electrons. The molecule has 2 unspecified atom stereocenters. The number of nitrogens with two attached hydrogens (primary N) is 1. The number of aliphatic hydroxyl groups is 1. The van der Waals surface area contributed by atoms with E-state index in [9.17, 15) is 9.90 Å². The monoisotopic (exact) mass is 558 g/mol. The minimum atomic E-state index is -1.64. The molecule has 0 bridgehead atoms. The molecular formula is C30H38ClFN3O4+. The van der Waals surface area contributed by atoms with E-state index < -0.39 is 29.8 Å². The van der Waals surface area contributed by atoms with Gasteiger partial charge in [-0.15, -0.1) is 0 Å². The second kappa shape index (κ2) is 12.2. The van der Waals surface area contributed by atoms with Crippen molar-refractivity contribution in [2.75, 3.05) is 33.9 Å². The Hall–Kier alpha value is -2.78. The SMILES string of the molecule is CCCCc1cc2ccccc2c(OCC[N+](C)(C)[C@@]2(C(F)c3ccc(Cl)cc3)CCOC(C(N)=O)[C@@H]2O)n1. The van der Waals surface area contributed by atoms with Gasteiger partial charge in [0.15, 0.2) is 17.8 Å². The van der Waals surface area contributed by atoms with Gasteiger partial charge in [-0.3, -0.25) is 4.79 Å². The quantitative estimate of drug-likeness (QED) is 0.331. The van der Waals surface area contributed by atoms with Crippen molar-refractivity contribution < 1.29 is 28.2 Å². The Morgan fingerprint density at radius 2 is 2.00 bits per heavy atom. The number of fused-ring (bicyclic) bond motifs is 1.